The molecule has 0 unspecified atom stereocenters. The lowest BCUT2D eigenvalue weighted by Crippen LogP contribution is -2.42. The van der Waals surface area contributed by atoms with E-state index in [0.29, 0.717) is 39.8 Å². The van der Waals surface area contributed by atoms with Crippen molar-refractivity contribution in [2.45, 2.75) is 19.1 Å². The first-order valence-corrected chi connectivity index (χ1v) is 10.4. The number of aromatic nitrogens is 4. The van der Waals surface area contributed by atoms with Crippen LogP contribution in [0.25, 0.3) is 22.4 Å². The molecule has 13 heteroatoms. The van der Waals surface area contributed by atoms with Gasteiger partial charge < -0.3 is 25.8 Å². The first kappa shape index (κ1) is 24.5. The van der Waals surface area contributed by atoms with Crippen molar-refractivity contribution in [2.75, 3.05) is 44.4 Å². The number of hydrogen-bond acceptors (Lipinski definition) is 7. The molecule has 184 valence electrons. The lowest BCUT2D eigenvalue weighted by atomic mass is 10.2. The third-order valence-corrected chi connectivity index (χ3v) is 4.76. The second-order valence-corrected chi connectivity index (χ2v) is 8.08. The maximum atomic E-state index is 12.4. The van der Waals surface area contributed by atoms with Gasteiger partial charge in [-0.25, -0.2) is 15.0 Å². The van der Waals surface area contributed by atoms with Crippen LogP contribution in [0.4, 0.5) is 24.8 Å². The zero-order chi connectivity index (χ0) is 24.2. The van der Waals surface area contributed by atoms with E-state index in [0.717, 1.165) is 6.54 Å². The van der Waals surface area contributed by atoms with Gasteiger partial charge in [-0.05, 0) is 27.1 Å². The van der Waals surface area contributed by atoms with Gasteiger partial charge in [-0.3, -0.25) is 4.79 Å². The molecule has 3 rings (SSSR count). The molecule has 4 N–H and O–H groups in total. The molecular formula is C20H30ClF3N8O. The Morgan fingerprint density at radius 3 is 2.70 bits per heavy atom. The molecule has 3 aromatic heterocycles. The van der Waals surface area contributed by atoms with Gasteiger partial charge in [0, 0.05) is 46.8 Å². The van der Waals surface area contributed by atoms with E-state index in [1.165, 1.54) is 13.1 Å². The Hall–Kier alpha value is -3.12. The predicted molar refractivity (Wildman–Crippen MR) is 128 cm³/mol. The summed E-state index contributed by atoms with van der Waals surface area (Å²) in [5.41, 5.74) is 1.23. The molecule has 33 heavy (non-hydrogen) atoms. The van der Waals surface area contributed by atoms with Crippen LogP contribution in [-0.2, 0) is 4.79 Å². The first-order valence-electron chi connectivity index (χ1n) is 10.0. The molecule has 0 aliphatic carbocycles. The number of amides is 1. The van der Waals surface area contributed by atoms with E-state index in [4.69, 9.17) is 11.6 Å². The minimum Gasteiger partial charge on any atom is -0.369 e. The standard InChI is InChI=1S/C20H24ClF3N8O.3H2/c1-11(19(33)28-10-20(22,23)24)29-16-7-15(25-4-5-32(2)3)30-18(31-16)14-9-27-17-13(14)6-12(21)8-26-17;;;/h6-9,11H,4-5,10H2,1-3H3,(H,26,27)(H,28,33)(H2,25,29,30,31);3*1H/t11-;;;/m0.../s1. The number of nitrogens with one attached hydrogen (secondary N) is 4. The van der Waals surface area contributed by atoms with Gasteiger partial charge in [-0.2, -0.15) is 13.2 Å². The Kier molecular flexibility index (Phi) is 7.59. The number of pyridine rings is 1. The van der Waals surface area contributed by atoms with Crippen LogP contribution in [0, 0.1) is 0 Å². The molecule has 1 amide bonds. The summed E-state index contributed by atoms with van der Waals surface area (Å²) >= 11 is 6.09. The topological polar surface area (TPSA) is 111 Å². The Morgan fingerprint density at radius 1 is 1.27 bits per heavy atom. The zero-order valence-corrected chi connectivity index (χ0v) is 19.0. The number of hydrogen-bond donors (Lipinski definition) is 4. The number of carbonyl (C=O) groups excluding carboxylic acids is 1. The Balaban J connectivity index is 0.00000408. The SMILES string of the molecule is C[C@H](Nc1cc(NCCN(C)C)nc(-c2c[nH]c3ncc(Cl)cc23)n1)C(=O)NCC(F)(F)F.[HH].[HH].[HH]. The molecule has 1 atom stereocenters. The summed E-state index contributed by atoms with van der Waals surface area (Å²) in [7, 11) is 3.87. The summed E-state index contributed by atoms with van der Waals surface area (Å²) in [6, 6.07) is 2.35. The third-order valence-electron chi connectivity index (χ3n) is 4.55. The van der Waals surface area contributed by atoms with Gasteiger partial charge in [0.15, 0.2) is 5.82 Å². The van der Waals surface area contributed by atoms with Gasteiger partial charge >= 0.3 is 6.18 Å². The number of fused-ring (bicyclic) bond motifs is 1. The van der Waals surface area contributed by atoms with Crippen molar-refractivity contribution in [3.05, 3.63) is 29.5 Å². The maximum absolute atomic E-state index is 12.4. The van der Waals surface area contributed by atoms with Gasteiger partial charge in [-0.15, -0.1) is 0 Å². The van der Waals surface area contributed by atoms with E-state index in [-0.39, 0.29) is 10.1 Å². The normalized spacial score (nSPS) is 12.7. The van der Waals surface area contributed by atoms with Crippen molar-refractivity contribution in [3.8, 4) is 11.4 Å². The molecule has 0 aliphatic rings. The fourth-order valence-electron chi connectivity index (χ4n) is 2.93. The third kappa shape index (κ3) is 6.93. The van der Waals surface area contributed by atoms with Crippen molar-refractivity contribution < 1.29 is 22.2 Å². The summed E-state index contributed by atoms with van der Waals surface area (Å²) in [4.78, 5) is 30.4. The second kappa shape index (κ2) is 10.2. The Bertz CT molecular complexity index is 1130. The number of anilines is 2. The highest BCUT2D eigenvalue weighted by Crippen LogP contribution is 2.29. The number of carbonyl (C=O) groups is 1. The largest absolute Gasteiger partial charge is 0.405 e. The fourth-order valence-corrected chi connectivity index (χ4v) is 3.09. The summed E-state index contributed by atoms with van der Waals surface area (Å²) in [6.07, 6.45) is -1.29. The summed E-state index contributed by atoms with van der Waals surface area (Å²) in [5, 5.41) is 9.04. The van der Waals surface area contributed by atoms with Crippen molar-refractivity contribution in [3.63, 3.8) is 0 Å². The fraction of sp³-hybridized carbons (Fsp3) is 0.400. The Labute approximate surface area is 197 Å². The highest BCUT2D eigenvalue weighted by atomic mass is 35.5. The molecule has 0 spiro atoms. The van der Waals surface area contributed by atoms with E-state index < -0.39 is 24.7 Å². The van der Waals surface area contributed by atoms with Gasteiger partial charge in [0.2, 0.25) is 5.91 Å². The van der Waals surface area contributed by atoms with Gasteiger partial charge in [-0.1, -0.05) is 11.6 Å². The van der Waals surface area contributed by atoms with Crippen molar-refractivity contribution in [1.82, 2.24) is 30.2 Å². The molecule has 0 aromatic carbocycles. The predicted octanol–water partition coefficient (Wildman–Crippen LogP) is 3.86. The molecule has 0 radical (unpaired) electrons. The van der Waals surface area contributed by atoms with Crippen LogP contribution in [0.2, 0.25) is 5.02 Å². The molecular weight excluding hydrogens is 461 g/mol. The quantitative estimate of drug-likeness (QED) is 0.360. The van der Waals surface area contributed by atoms with Crippen molar-refractivity contribution in [2.24, 2.45) is 0 Å². The van der Waals surface area contributed by atoms with Crippen LogP contribution < -0.4 is 16.0 Å². The van der Waals surface area contributed by atoms with Gasteiger partial charge in [0.1, 0.15) is 29.9 Å². The molecule has 9 nitrogen and oxygen atoms in total. The van der Waals surface area contributed by atoms with Crippen LogP contribution in [0.15, 0.2) is 24.5 Å². The number of rotatable bonds is 9. The summed E-state index contributed by atoms with van der Waals surface area (Å²) < 4.78 is 37.2. The molecule has 0 fully saturated rings. The van der Waals surface area contributed by atoms with Crippen LogP contribution >= 0.6 is 11.6 Å². The lowest BCUT2D eigenvalue weighted by Gasteiger charge is -2.17. The average molecular weight is 491 g/mol. The zero-order valence-electron chi connectivity index (χ0n) is 18.2. The second-order valence-electron chi connectivity index (χ2n) is 7.64. The molecule has 0 saturated heterocycles. The Morgan fingerprint density at radius 2 is 2.00 bits per heavy atom. The molecule has 0 saturated carbocycles. The van der Waals surface area contributed by atoms with Crippen LogP contribution in [0.5, 0.6) is 0 Å². The number of alkyl halides is 3. The maximum Gasteiger partial charge on any atom is 0.405 e. The minimum atomic E-state index is -4.49. The minimum absolute atomic E-state index is 0. The highest BCUT2D eigenvalue weighted by molar-refractivity contribution is 6.31. The van der Waals surface area contributed by atoms with Gasteiger partial charge in [0.05, 0.1) is 5.02 Å². The van der Waals surface area contributed by atoms with E-state index in [1.54, 1.807) is 18.3 Å². The van der Waals surface area contributed by atoms with Crippen molar-refractivity contribution in [1.29, 1.82) is 0 Å². The lowest BCUT2D eigenvalue weighted by molar-refractivity contribution is -0.138. The molecule has 0 bridgehead atoms. The molecule has 3 heterocycles. The molecule has 0 aliphatic heterocycles. The monoisotopic (exact) mass is 490 g/mol. The number of H-pyrrole nitrogens is 1. The average Bonchev–Trinajstić information content (AvgIpc) is 3.14. The van der Waals surface area contributed by atoms with Crippen LogP contribution in [0.1, 0.15) is 11.2 Å². The molecule has 3 aromatic rings. The van der Waals surface area contributed by atoms with Crippen LogP contribution in [0.3, 0.4) is 0 Å². The van der Waals surface area contributed by atoms with Crippen LogP contribution in [-0.4, -0.2) is 76.7 Å². The van der Waals surface area contributed by atoms with E-state index in [1.807, 2.05) is 24.3 Å². The van der Waals surface area contributed by atoms with E-state index in [9.17, 15) is 18.0 Å². The number of likely N-dealkylation sites (N-methyl/N-ethyl adjacent to an activating group) is 1. The summed E-state index contributed by atoms with van der Waals surface area (Å²) in [5.74, 6) is 0.270. The van der Waals surface area contributed by atoms with E-state index in [2.05, 4.69) is 30.6 Å². The smallest absolute Gasteiger partial charge is 0.369 e. The van der Waals surface area contributed by atoms with E-state index >= 15 is 0 Å². The first-order chi connectivity index (χ1) is 15.5. The highest BCUT2D eigenvalue weighted by Gasteiger charge is 2.28. The number of nitrogens with zero attached hydrogens (tertiary/aromatic N) is 4. The summed E-state index contributed by atoms with van der Waals surface area (Å²) in [6.45, 7) is 1.37. The van der Waals surface area contributed by atoms with Crippen molar-refractivity contribution >= 4 is 40.2 Å². The number of aromatic amines is 1. The van der Waals surface area contributed by atoms with Gasteiger partial charge in [0.25, 0.3) is 0 Å². The number of halogens is 4.